The number of pyridine rings is 1. The van der Waals surface area contributed by atoms with Gasteiger partial charge in [-0.25, -0.2) is 4.79 Å². The van der Waals surface area contributed by atoms with Gasteiger partial charge in [-0.15, -0.1) is 0 Å². The van der Waals surface area contributed by atoms with E-state index in [0.29, 0.717) is 17.9 Å². The molecule has 4 aromatic rings. The number of aromatic nitrogens is 5. The Hall–Kier alpha value is -3.81. The third kappa shape index (κ3) is 3.96. The van der Waals surface area contributed by atoms with Gasteiger partial charge in [0.15, 0.2) is 6.10 Å². The van der Waals surface area contributed by atoms with Crippen LogP contribution >= 0.6 is 0 Å². The van der Waals surface area contributed by atoms with E-state index in [0.717, 1.165) is 11.1 Å². The maximum atomic E-state index is 12.4. The summed E-state index contributed by atoms with van der Waals surface area (Å²) in [5, 5.41) is 8.07. The summed E-state index contributed by atoms with van der Waals surface area (Å²) >= 11 is 0. The van der Waals surface area contributed by atoms with E-state index >= 15 is 0 Å². The number of benzene rings is 1. The molecule has 0 aliphatic rings. The van der Waals surface area contributed by atoms with Crippen LogP contribution in [0.4, 0.5) is 0 Å². The molecule has 0 radical (unpaired) electrons. The van der Waals surface area contributed by atoms with Crippen molar-refractivity contribution in [2.24, 2.45) is 0 Å². The average molecular weight is 375 g/mol. The quantitative estimate of drug-likeness (QED) is 0.477. The van der Waals surface area contributed by atoms with Gasteiger partial charge in [0.25, 0.3) is 5.89 Å². The Balaban J connectivity index is 1.40. The molecule has 28 heavy (non-hydrogen) atoms. The summed E-state index contributed by atoms with van der Waals surface area (Å²) in [6.45, 7) is 2.32. The molecule has 0 fully saturated rings. The van der Waals surface area contributed by atoms with Crippen molar-refractivity contribution >= 4 is 5.97 Å². The molecule has 0 saturated heterocycles. The Morgan fingerprint density at radius 2 is 2.04 bits per heavy atom. The molecular formula is C20H17N5O3. The first-order chi connectivity index (χ1) is 13.7. The van der Waals surface area contributed by atoms with Crippen LogP contribution in [0.1, 0.15) is 34.8 Å². The van der Waals surface area contributed by atoms with E-state index in [-0.39, 0.29) is 5.89 Å². The lowest BCUT2D eigenvalue weighted by Crippen LogP contribution is -2.10. The van der Waals surface area contributed by atoms with Crippen LogP contribution in [0, 0.1) is 0 Å². The Kier molecular flexibility index (Phi) is 4.92. The topological polar surface area (TPSA) is 95.9 Å². The van der Waals surface area contributed by atoms with Crippen LogP contribution in [0.5, 0.6) is 0 Å². The zero-order valence-electron chi connectivity index (χ0n) is 15.1. The number of carbonyl (C=O) groups excluding carboxylic acids is 1. The molecule has 3 aromatic heterocycles. The summed E-state index contributed by atoms with van der Waals surface area (Å²) < 4.78 is 12.5. The van der Waals surface area contributed by atoms with Crippen LogP contribution in [0.15, 0.2) is 71.8 Å². The van der Waals surface area contributed by atoms with Gasteiger partial charge in [-0.05, 0) is 42.8 Å². The van der Waals surface area contributed by atoms with Gasteiger partial charge in [0.1, 0.15) is 0 Å². The molecule has 0 N–H and O–H groups in total. The van der Waals surface area contributed by atoms with E-state index < -0.39 is 12.1 Å². The number of hydrogen-bond donors (Lipinski definition) is 0. The molecule has 0 saturated carbocycles. The van der Waals surface area contributed by atoms with Crippen LogP contribution in [0.25, 0.3) is 11.4 Å². The second kappa shape index (κ2) is 7.83. The first-order valence-electron chi connectivity index (χ1n) is 8.70. The second-order valence-electron chi connectivity index (χ2n) is 6.15. The van der Waals surface area contributed by atoms with E-state index in [1.165, 1.54) is 0 Å². The fraction of sp³-hybridized carbons (Fsp3) is 0.150. The molecule has 8 heteroatoms. The lowest BCUT2D eigenvalue weighted by atomic mass is 10.1. The smallest absolute Gasteiger partial charge is 0.338 e. The summed E-state index contributed by atoms with van der Waals surface area (Å²) in [6, 6.07) is 12.7. The van der Waals surface area contributed by atoms with E-state index in [1.807, 2.05) is 35.1 Å². The van der Waals surface area contributed by atoms with E-state index in [2.05, 4.69) is 20.2 Å². The van der Waals surface area contributed by atoms with Gasteiger partial charge in [-0.3, -0.25) is 9.67 Å². The molecule has 4 rings (SSSR count). The molecular weight excluding hydrogens is 358 g/mol. The van der Waals surface area contributed by atoms with Crippen LogP contribution in [0.2, 0.25) is 0 Å². The zero-order valence-corrected chi connectivity index (χ0v) is 15.1. The molecule has 0 aliphatic carbocycles. The van der Waals surface area contributed by atoms with Gasteiger partial charge in [0.05, 0.1) is 12.1 Å². The van der Waals surface area contributed by atoms with Crippen molar-refractivity contribution in [2.75, 3.05) is 0 Å². The van der Waals surface area contributed by atoms with E-state index in [4.69, 9.17) is 9.26 Å². The highest BCUT2D eigenvalue weighted by Gasteiger charge is 2.20. The molecule has 0 amide bonds. The fourth-order valence-corrected chi connectivity index (χ4v) is 2.62. The molecule has 0 bridgehead atoms. The lowest BCUT2D eigenvalue weighted by Gasteiger charge is -2.09. The van der Waals surface area contributed by atoms with Crippen molar-refractivity contribution < 1.29 is 14.1 Å². The van der Waals surface area contributed by atoms with Gasteiger partial charge in [-0.2, -0.15) is 10.1 Å². The van der Waals surface area contributed by atoms with Crippen molar-refractivity contribution in [3.05, 3.63) is 84.3 Å². The van der Waals surface area contributed by atoms with E-state index in [9.17, 15) is 4.79 Å². The number of carbonyl (C=O) groups is 1. The predicted octanol–water partition coefficient (Wildman–Crippen LogP) is 3.29. The molecule has 1 atom stereocenters. The maximum absolute atomic E-state index is 12.4. The molecule has 140 valence electrons. The van der Waals surface area contributed by atoms with Gasteiger partial charge in [-0.1, -0.05) is 17.3 Å². The average Bonchev–Trinajstić information content (AvgIpc) is 3.41. The summed E-state index contributed by atoms with van der Waals surface area (Å²) in [5.74, 6) is 0.163. The minimum absolute atomic E-state index is 0.225. The third-order valence-corrected chi connectivity index (χ3v) is 4.09. The SMILES string of the molecule is CC(OC(=O)c1ccc(Cn2cccn2)cc1)c1nc(-c2cccnc2)no1. The van der Waals surface area contributed by atoms with Crippen LogP contribution in [0.3, 0.4) is 0 Å². The first-order valence-corrected chi connectivity index (χ1v) is 8.70. The summed E-state index contributed by atoms with van der Waals surface area (Å²) in [7, 11) is 0. The fourth-order valence-electron chi connectivity index (χ4n) is 2.62. The Morgan fingerprint density at radius 3 is 2.75 bits per heavy atom. The standard InChI is InChI=1S/C20H17N5O3/c1-14(19-23-18(24-28-19)17-4-2-9-21-12-17)27-20(26)16-7-5-15(6-8-16)13-25-11-3-10-22-25/h2-12,14H,13H2,1H3. The normalized spacial score (nSPS) is 11.9. The molecule has 1 aromatic carbocycles. The maximum Gasteiger partial charge on any atom is 0.338 e. The van der Waals surface area contributed by atoms with Crippen LogP contribution < -0.4 is 0 Å². The van der Waals surface area contributed by atoms with Crippen molar-refractivity contribution in [1.29, 1.82) is 0 Å². The molecule has 0 spiro atoms. The molecule has 8 nitrogen and oxygen atoms in total. The lowest BCUT2D eigenvalue weighted by molar-refractivity contribution is 0.0265. The predicted molar refractivity (Wildman–Crippen MR) is 99.1 cm³/mol. The van der Waals surface area contributed by atoms with E-state index in [1.54, 1.807) is 43.7 Å². The van der Waals surface area contributed by atoms with Crippen molar-refractivity contribution in [3.8, 4) is 11.4 Å². The molecule has 0 aliphatic heterocycles. The molecule has 1 unspecified atom stereocenters. The highest BCUT2D eigenvalue weighted by atomic mass is 16.6. The Morgan fingerprint density at radius 1 is 1.18 bits per heavy atom. The summed E-state index contributed by atoms with van der Waals surface area (Å²) in [5.41, 5.74) is 2.21. The molecule has 3 heterocycles. The number of nitrogens with zero attached hydrogens (tertiary/aromatic N) is 5. The van der Waals surface area contributed by atoms with Gasteiger partial charge in [0.2, 0.25) is 5.82 Å². The van der Waals surface area contributed by atoms with Gasteiger partial charge < -0.3 is 9.26 Å². The monoisotopic (exact) mass is 375 g/mol. The number of hydrogen-bond acceptors (Lipinski definition) is 7. The summed E-state index contributed by atoms with van der Waals surface area (Å²) in [4.78, 5) is 20.7. The first kappa shape index (κ1) is 17.6. The second-order valence-corrected chi connectivity index (χ2v) is 6.15. The number of esters is 1. The van der Waals surface area contributed by atoms with Crippen LogP contribution in [-0.2, 0) is 11.3 Å². The highest BCUT2D eigenvalue weighted by Crippen LogP contribution is 2.21. The number of ether oxygens (including phenoxy) is 1. The largest absolute Gasteiger partial charge is 0.449 e. The summed E-state index contributed by atoms with van der Waals surface area (Å²) in [6.07, 6.45) is 6.23. The van der Waals surface area contributed by atoms with Crippen molar-refractivity contribution in [1.82, 2.24) is 24.9 Å². The third-order valence-electron chi connectivity index (χ3n) is 4.09. The van der Waals surface area contributed by atoms with Crippen molar-refractivity contribution in [2.45, 2.75) is 19.6 Å². The Labute approximate surface area is 160 Å². The van der Waals surface area contributed by atoms with Gasteiger partial charge >= 0.3 is 5.97 Å². The van der Waals surface area contributed by atoms with Crippen LogP contribution in [-0.4, -0.2) is 30.9 Å². The van der Waals surface area contributed by atoms with Crippen molar-refractivity contribution in [3.63, 3.8) is 0 Å². The number of rotatable bonds is 6. The minimum atomic E-state index is -0.672. The Bertz CT molecular complexity index is 1040. The zero-order chi connectivity index (χ0) is 19.3. The minimum Gasteiger partial charge on any atom is -0.449 e. The van der Waals surface area contributed by atoms with Gasteiger partial charge in [0, 0.05) is 30.4 Å². The highest BCUT2D eigenvalue weighted by molar-refractivity contribution is 5.89.